The van der Waals surface area contributed by atoms with E-state index in [1.807, 2.05) is 24.3 Å². The van der Waals surface area contributed by atoms with Crippen molar-refractivity contribution in [2.45, 2.75) is 30.2 Å². The summed E-state index contributed by atoms with van der Waals surface area (Å²) in [6.07, 6.45) is 2.24. The maximum absolute atomic E-state index is 14.7. The van der Waals surface area contributed by atoms with E-state index in [-0.39, 0.29) is 29.6 Å². The Bertz CT molecular complexity index is 1090. The van der Waals surface area contributed by atoms with Gasteiger partial charge in [-0.1, -0.05) is 12.1 Å². The van der Waals surface area contributed by atoms with Crippen molar-refractivity contribution in [1.82, 2.24) is 9.21 Å². The summed E-state index contributed by atoms with van der Waals surface area (Å²) in [7, 11) is -2.22. The van der Waals surface area contributed by atoms with Gasteiger partial charge in [-0.15, -0.1) is 0 Å². The minimum Gasteiger partial charge on any atom is -0.497 e. The van der Waals surface area contributed by atoms with Crippen molar-refractivity contribution >= 4 is 15.9 Å². The van der Waals surface area contributed by atoms with E-state index in [0.29, 0.717) is 26.2 Å². The fraction of sp³-hybridized carbons (Fsp3) is 0.435. The quantitative estimate of drug-likeness (QED) is 0.660. The smallest absolute Gasteiger partial charge is 0.257 e. The third-order valence-electron chi connectivity index (χ3n) is 6.02. The molecule has 2 aromatic carbocycles. The van der Waals surface area contributed by atoms with Crippen molar-refractivity contribution in [3.8, 4) is 5.75 Å². The number of hydrogen-bond donors (Lipinski definition) is 0. The van der Waals surface area contributed by atoms with Gasteiger partial charge in [-0.2, -0.15) is 4.31 Å². The standard InChI is InChI=1S/C23H27FN2O5S/c1-30-19-6-2-4-17(15-19)14-18-5-3-9-26(18)23(27)21-16-20(7-8-22(21)24)32(28,29)25-10-12-31-13-11-25/h2,4,6-8,15-16,18H,3,5,9-14H2,1H3. The van der Waals surface area contributed by atoms with Crippen molar-refractivity contribution in [2.75, 3.05) is 40.0 Å². The minimum absolute atomic E-state index is 0.0762. The van der Waals surface area contributed by atoms with Crippen LogP contribution in [-0.2, 0) is 21.2 Å². The predicted molar refractivity (Wildman–Crippen MR) is 117 cm³/mol. The van der Waals surface area contributed by atoms with Crippen molar-refractivity contribution in [1.29, 1.82) is 0 Å². The van der Waals surface area contributed by atoms with Crippen LogP contribution >= 0.6 is 0 Å². The maximum Gasteiger partial charge on any atom is 0.257 e. The van der Waals surface area contributed by atoms with Crippen molar-refractivity contribution in [2.24, 2.45) is 0 Å². The lowest BCUT2D eigenvalue weighted by molar-refractivity contribution is 0.0726. The lowest BCUT2D eigenvalue weighted by atomic mass is 10.0. The van der Waals surface area contributed by atoms with Crippen molar-refractivity contribution in [3.63, 3.8) is 0 Å². The molecule has 0 saturated carbocycles. The summed E-state index contributed by atoms with van der Waals surface area (Å²) in [4.78, 5) is 14.9. The third-order valence-corrected chi connectivity index (χ3v) is 7.91. The van der Waals surface area contributed by atoms with E-state index in [2.05, 4.69) is 0 Å². The Morgan fingerprint density at radius 2 is 1.94 bits per heavy atom. The molecule has 9 heteroatoms. The molecule has 0 bridgehead atoms. The normalized spacial score (nSPS) is 19.8. The Hall–Kier alpha value is -2.49. The number of hydrogen-bond acceptors (Lipinski definition) is 5. The zero-order valence-corrected chi connectivity index (χ0v) is 18.8. The number of amides is 1. The van der Waals surface area contributed by atoms with Gasteiger partial charge in [0.2, 0.25) is 10.0 Å². The van der Waals surface area contributed by atoms with Crippen molar-refractivity contribution in [3.05, 3.63) is 59.4 Å². The number of ether oxygens (including phenoxy) is 2. The highest BCUT2D eigenvalue weighted by atomic mass is 32.2. The largest absolute Gasteiger partial charge is 0.497 e. The molecule has 2 aromatic rings. The van der Waals surface area contributed by atoms with Gasteiger partial charge in [0.25, 0.3) is 5.91 Å². The Balaban J connectivity index is 1.57. The van der Waals surface area contributed by atoms with Gasteiger partial charge in [0.05, 0.1) is 30.8 Å². The molecule has 2 fully saturated rings. The van der Waals surface area contributed by atoms with Gasteiger partial charge in [-0.25, -0.2) is 12.8 Å². The molecule has 7 nitrogen and oxygen atoms in total. The molecule has 0 N–H and O–H groups in total. The number of morpholine rings is 1. The molecule has 0 aliphatic carbocycles. The first-order chi connectivity index (χ1) is 15.4. The van der Waals surface area contributed by atoms with Gasteiger partial charge in [-0.05, 0) is 55.2 Å². The first-order valence-electron chi connectivity index (χ1n) is 10.7. The lowest BCUT2D eigenvalue weighted by Crippen LogP contribution is -2.41. The molecule has 0 radical (unpaired) electrons. The van der Waals surface area contributed by atoms with Gasteiger partial charge in [0.1, 0.15) is 11.6 Å². The number of halogens is 1. The Kier molecular flexibility index (Phi) is 6.78. The Morgan fingerprint density at radius 3 is 2.69 bits per heavy atom. The van der Waals surface area contributed by atoms with Crippen LogP contribution in [0.5, 0.6) is 5.75 Å². The minimum atomic E-state index is -3.83. The van der Waals surface area contributed by atoms with E-state index in [1.54, 1.807) is 12.0 Å². The zero-order valence-electron chi connectivity index (χ0n) is 18.0. The number of rotatable bonds is 6. The average molecular weight is 463 g/mol. The highest BCUT2D eigenvalue weighted by molar-refractivity contribution is 7.89. The predicted octanol–water partition coefficient (Wildman–Crippen LogP) is 2.70. The highest BCUT2D eigenvalue weighted by Crippen LogP contribution is 2.27. The molecule has 4 rings (SSSR count). The maximum atomic E-state index is 14.7. The zero-order chi connectivity index (χ0) is 22.7. The van der Waals surface area contributed by atoms with Crippen LogP contribution in [0.3, 0.4) is 0 Å². The fourth-order valence-corrected chi connectivity index (χ4v) is 5.74. The summed E-state index contributed by atoms with van der Waals surface area (Å²) < 4.78 is 52.4. The van der Waals surface area contributed by atoms with Crippen LogP contribution in [0.2, 0.25) is 0 Å². The summed E-state index contributed by atoms with van der Waals surface area (Å²) in [5.74, 6) is -0.458. The van der Waals surface area contributed by atoms with Crippen LogP contribution in [0, 0.1) is 5.82 Å². The highest BCUT2D eigenvalue weighted by Gasteiger charge is 2.33. The molecule has 1 amide bonds. The number of methoxy groups -OCH3 is 1. The van der Waals surface area contributed by atoms with Crippen LogP contribution in [-0.4, -0.2) is 69.5 Å². The van der Waals surface area contributed by atoms with E-state index in [0.717, 1.165) is 30.2 Å². The van der Waals surface area contributed by atoms with Crippen LogP contribution in [0.25, 0.3) is 0 Å². The second-order valence-corrected chi connectivity index (χ2v) is 9.95. The summed E-state index contributed by atoms with van der Waals surface area (Å²) in [5.41, 5.74) is 0.815. The van der Waals surface area contributed by atoms with Gasteiger partial charge in [-0.3, -0.25) is 4.79 Å². The first kappa shape index (κ1) is 22.7. The number of carbonyl (C=O) groups is 1. The molecular formula is C23H27FN2O5S. The second kappa shape index (κ2) is 9.56. The van der Waals surface area contributed by atoms with Crippen LogP contribution < -0.4 is 4.74 Å². The molecule has 2 aliphatic heterocycles. The van der Waals surface area contributed by atoms with E-state index in [4.69, 9.17) is 9.47 Å². The van der Waals surface area contributed by atoms with E-state index in [1.165, 1.54) is 16.4 Å². The second-order valence-electron chi connectivity index (χ2n) is 8.01. The Morgan fingerprint density at radius 1 is 1.16 bits per heavy atom. The number of nitrogens with zero attached hydrogens (tertiary/aromatic N) is 2. The average Bonchev–Trinajstić information content (AvgIpc) is 3.27. The summed E-state index contributed by atoms with van der Waals surface area (Å²) in [6, 6.07) is 11.0. The topological polar surface area (TPSA) is 76.2 Å². The lowest BCUT2D eigenvalue weighted by Gasteiger charge is -2.27. The van der Waals surface area contributed by atoms with E-state index in [9.17, 15) is 17.6 Å². The molecule has 1 unspecified atom stereocenters. The molecular weight excluding hydrogens is 435 g/mol. The molecule has 32 heavy (non-hydrogen) atoms. The van der Waals surface area contributed by atoms with Gasteiger partial charge >= 0.3 is 0 Å². The number of likely N-dealkylation sites (tertiary alicyclic amines) is 1. The van der Waals surface area contributed by atoms with E-state index < -0.39 is 21.7 Å². The van der Waals surface area contributed by atoms with Crippen LogP contribution in [0.15, 0.2) is 47.4 Å². The van der Waals surface area contributed by atoms with Crippen LogP contribution in [0.4, 0.5) is 4.39 Å². The first-order valence-corrected chi connectivity index (χ1v) is 12.2. The number of benzene rings is 2. The molecule has 0 spiro atoms. The molecule has 2 aliphatic rings. The molecule has 0 aromatic heterocycles. The summed E-state index contributed by atoms with van der Waals surface area (Å²) in [5, 5.41) is 0. The third kappa shape index (κ3) is 4.65. The molecule has 1 atom stereocenters. The SMILES string of the molecule is COc1cccc(CC2CCCN2C(=O)c2cc(S(=O)(=O)N3CCOCC3)ccc2F)c1. The number of carbonyl (C=O) groups excluding carboxylic acids is 1. The molecule has 2 saturated heterocycles. The monoisotopic (exact) mass is 462 g/mol. The van der Waals surface area contributed by atoms with Gasteiger partial charge in [0.15, 0.2) is 0 Å². The van der Waals surface area contributed by atoms with Gasteiger partial charge < -0.3 is 14.4 Å². The van der Waals surface area contributed by atoms with E-state index >= 15 is 0 Å². The Labute approximate surface area is 187 Å². The summed E-state index contributed by atoms with van der Waals surface area (Å²) in [6.45, 7) is 1.60. The molecule has 172 valence electrons. The fourth-order valence-electron chi connectivity index (χ4n) is 4.31. The van der Waals surface area contributed by atoms with Gasteiger partial charge in [0, 0.05) is 25.7 Å². The van der Waals surface area contributed by atoms with Crippen molar-refractivity contribution < 1.29 is 27.1 Å². The molecule has 2 heterocycles. The summed E-state index contributed by atoms with van der Waals surface area (Å²) >= 11 is 0. The van der Waals surface area contributed by atoms with Crippen LogP contribution in [0.1, 0.15) is 28.8 Å². The number of sulfonamides is 1.